The van der Waals surface area contributed by atoms with Gasteiger partial charge in [0.1, 0.15) is 11.6 Å². The molecule has 0 bridgehead atoms. The Bertz CT molecular complexity index is 754. The minimum absolute atomic E-state index is 0.407. The van der Waals surface area contributed by atoms with Gasteiger partial charge in [0.25, 0.3) is 0 Å². The minimum atomic E-state index is -0.454. The van der Waals surface area contributed by atoms with Crippen LogP contribution in [0.4, 0.5) is 5.95 Å². The van der Waals surface area contributed by atoms with Crippen LogP contribution in [0.15, 0.2) is 55.0 Å². The summed E-state index contributed by atoms with van der Waals surface area (Å²) in [6, 6.07) is 12.0. The number of hydrogen-bond donors (Lipinski definition) is 2. The Labute approximate surface area is 134 Å². The van der Waals surface area contributed by atoms with Crippen LogP contribution in [0.3, 0.4) is 0 Å². The lowest BCUT2D eigenvalue weighted by atomic mass is 10.1. The molecule has 2 heterocycles. The molecule has 0 unspecified atom stereocenters. The highest BCUT2D eigenvalue weighted by atomic mass is 16.3. The Morgan fingerprint density at radius 3 is 2.74 bits per heavy atom. The number of imidazole rings is 1. The van der Waals surface area contributed by atoms with E-state index in [1.807, 2.05) is 35.0 Å². The molecule has 0 saturated carbocycles. The molecule has 0 radical (unpaired) electrons. The summed E-state index contributed by atoms with van der Waals surface area (Å²) in [5.41, 5.74) is 1.20. The molecule has 0 aliphatic rings. The first kappa shape index (κ1) is 15.2. The lowest BCUT2D eigenvalue weighted by Crippen LogP contribution is -2.17. The van der Waals surface area contributed by atoms with Crippen LogP contribution >= 0.6 is 0 Å². The van der Waals surface area contributed by atoms with E-state index in [4.69, 9.17) is 0 Å². The van der Waals surface area contributed by atoms with Gasteiger partial charge < -0.3 is 10.4 Å². The first-order valence-corrected chi connectivity index (χ1v) is 7.54. The maximum absolute atomic E-state index is 9.34. The summed E-state index contributed by atoms with van der Waals surface area (Å²) in [6.45, 7) is 2.12. The van der Waals surface area contributed by atoms with Gasteiger partial charge in [-0.2, -0.15) is 4.98 Å². The summed E-state index contributed by atoms with van der Waals surface area (Å²) in [5.74, 6) is 2.15. The molecule has 6 heteroatoms. The van der Waals surface area contributed by atoms with Gasteiger partial charge in [-0.05, 0) is 18.6 Å². The van der Waals surface area contributed by atoms with Gasteiger partial charge in [0.2, 0.25) is 5.95 Å². The molecule has 0 aliphatic heterocycles. The van der Waals surface area contributed by atoms with Crippen LogP contribution in [0, 0.1) is 0 Å². The number of nitrogens with zero attached hydrogens (tertiary/aromatic N) is 4. The number of aliphatic hydroxyl groups is 1. The number of benzene rings is 1. The van der Waals surface area contributed by atoms with Gasteiger partial charge in [-0.15, -0.1) is 0 Å². The van der Waals surface area contributed by atoms with Crippen LogP contribution in [0.2, 0.25) is 0 Å². The molecule has 118 valence electrons. The van der Waals surface area contributed by atoms with E-state index in [0.717, 1.165) is 18.1 Å². The molecule has 0 amide bonds. The van der Waals surface area contributed by atoms with Gasteiger partial charge in [-0.25, -0.2) is 9.97 Å². The monoisotopic (exact) mass is 309 g/mol. The molecule has 0 fully saturated rings. The highest BCUT2D eigenvalue weighted by Gasteiger charge is 2.08. The zero-order chi connectivity index (χ0) is 16.1. The van der Waals surface area contributed by atoms with Crippen molar-refractivity contribution in [3.05, 3.63) is 66.4 Å². The van der Waals surface area contributed by atoms with Gasteiger partial charge in [-0.3, -0.25) is 4.57 Å². The molecule has 0 aliphatic carbocycles. The molecule has 6 nitrogen and oxygen atoms in total. The fraction of sp³-hybridized carbons (Fsp3) is 0.235. The average Bonchev–Trinajstić information content (AvgIpc) is 3.02. The molecule has 0 saturated heterocycles. The number of hydrogen-bond acceptors (Lipinski definition) is 5. The van der Waals surface area contributed by atoms with Gasteiger partial charge >= 0.3 is 0 Å². The molecular formula is C17H19N5O. The smallest absolute Gasteiger partial charge is 0.224 e. The normalized spacial score (nSPS) is 12.1. The van der Waals surface area contributed by atoms with Crippen molar-refractivity contribution in [2.45, 2.75) is 19.4 Å². The van der Waals surface area contributed by atoms with Crippen molar-refractivity contribution in [3.8, 4) is 5.82 Å². The third-order valence-electron chi connectivity index (χ3n) is 3.37. The number of aromatic nitrogens is 4. The third kappa shape index (κ3) is 3.92. The fourth-order valence-electron chi connectivity index (χ4n) is 2.26. The van der Waals surface area contributed by atoms with Crippen LogP contribution in [0.25, 0.3) is 5.82 Å². The van der Waals surface area contributed by atoms with E-state index in [1.54, 1.807) is 19.3 Å². The van der Waals surface area contributed by atoms with E-state index in [-0.39, 0.29) is 0 Å². The predicted molar refractivity (Wildman–Crippen MR) is 88.6 cm³/mol. The molecule has 2 aromatic heterocycles. The van der Waals surface area contributed by atoms with E-state index in [2.05, 4.69) is 32.4 Å². The Balaban J connectivity index is 1.82. The zero-order valence-corrected chi connectivity index (χ0v) is 12.9. The maximum Gasteiger partial charge on any atom is 0.224 e. The standard InChI is InChI=1S/C17H19N5O/c1-13(23)12-20-17-19-8-7-15(21-17)22-10-9-18-16(22)11-14-5-3-2-4-6-14/h2-10,13,23H,11-12H2,1H3,(H,19,20,21)/t13-/m0/s1. The topological polar surface area (TPSA) is 75.9 Å². The summed E-state index contributed by atoms with van der Waals surface area (Å²) in [4.78, 5) is 13.1. The van der Waals surface area contributed by atoms with Gasteiger partial charge in [-0.1, -0.05) is 30.3 Å². The van der Waals surface area contributed by atoms with Crippen molar-refractivity contribution in [2.75, 3.05) is 11.9 Å². The summed E-state index contributed by atoms with van der Waals surface area (Å²) in [5, 5.41) is 12.4. The predicted octanol–water partition coefficient (Wildman–Crippen LogP) is 2.05. The first-order chi connectivity index (χ1) is 11.2. The molecule has 1 aromatic carbocycles. The fourth-order valence-corrected chi connectivity index (χ4v) is 2.26. The molecule has 3 rings (SSSR count). The van der Waals surface area contributed by atoms with Crippen molar-refractivity contribution in [1.29, 1.82) is 0 Å². The highest BCUT2D eigenvalue weighted by Crippen LogP contribution is 2.13. The van der Waals surface area contributed by atoms with Gasteiger partial charge in [0.15, 0.2) is 0 Å². The zero-order valence-electron chi connectivity index (χ0n) is 12.9. The number of nitrogens with one attached hydrogen (secondary N) is 1. The third-order valence-corrected chi connectivity index (χ3v) is 3.37. The van der Waals surface area contributed by atoms with E-state index in [1.165, 1.54) is 5.56 Å². The van der Waals surface area contributed by atoms with Crippen molar-refractivity contribution < 1.29 is 5.11 Å². The van der Waals surface area contributed by atoms with E-state index >= 15 is 0 Å². The second kappa shape index (κ2) is 7.02. The molecular weight excluding hydrogens is 290 g/mol. The Hall–Kier alpha value is -2.73. The lowest BCUT2D eigenvalue weighted by molar-refractivity contribution is 0.208. The van der Waals surface area contributed by atoms with Crippen LogP contribution < -0.4 is 5.32 Å². The minimum Gasteiger partial charge on any atom is -0.392 e. The molecule has 23 heavy (non-hydrogen) atoms. The summed E-state index contributed by atoms with van der Waals surface area (Å²) < 4.78 is 1.95. The number of anilines is 1. The Morgan fingerprint density at radius 1 is 1.13 bits per heavy atom. The number of aliphatic hydroxyl groups excluding tert-OH is 1. The van der Waals surface area contributed by atoms with Crippen molar-refractivity contribution in [1.82, 2.24) is 19.5 Å². The van der Waals surface area contributed by atoms with Crippen molar-refractivity contribution >= 4 is 5.95 Å². The molecule has 2 N–H and O–H groups in total. The second-order valence-electron chi connectivity index (χ2n) is 5.34. The summed E-state index contributed by atoms with van der Waals surface area (Å²) in [6.07, 6.45) is 5.62. The number of rotatable bonds is 6. The van der Waals surface area contributed by atoms with Crippen molar-refractivity contribution in [3.63, 3.8) is 0 Å². The highest BCUT2D eigenvalue weighted by molar-refractivity contribution is 5.34. The van der Waals surface area contributed by atoms with Crippen LogP contribution in [0.5, 0.6) is 0 Å². The summed E-state index contributed by atoms with van der Waals surface area (Å²) >= 11 is 0. The second-order valence-corrected chi connectivity index (χ2v) is 5.34. The van der Waals surface area contributed by atoms with E-state index in [9.17, 15) is 5.11 Å². The maximum atomic E-state index is 9.34. The van der Waals surface area contributed by atoms with Gasteiger partial charge in [0, 0.05) is 31.6 Å². The van der Waals surface area contributed by atoms with E-state index < -0.39 is 6.10 Å². The van der Waals surface area contributed by atoms with Crippen LogP contribution in [-0.4, -0.2) is 37.3 Å². The van der Waals surface area contributed by atoms with Crippen molar-refractivity contribution in [2.24, 2.45) is 0 Å². The SMILES string of the molecule is C[C@H](O)CNc1nccc(-n2ccnc2Cc2ccccc2)n1. The largest absolute Gasteiger partial charge is 0.392 e. The van der Waals surface area contributed by atoms with Gasteiger partial charge in [0.05, 0.1) is 6.10 Å². The molecule has 3 aromatic rings. The van der Waals surface area contributed by atoms with Crippen LogP contribution in [0.1, 0.15) is 18.3 Å². The average molecular weight is 309 g/mol. The first-order valence-electron chi connectivity index (χ1n) is 7.54. The van der Waals surface area contributed by atoms with E-state index in [0.29, 0.717) is 12.5 Å². The Kier molecular flexibility index (Phi) is 4.63. The Morgan fingerprint density at radius 2 is 1.96 bits per heavy atom. The molecule has 0 spiro atoms. The van der Waals surface area contributed by atoms with Crippen LogP contribution in [-0.2, 0) is 6.42 Å². The quantitative estimate of drug-likeness (QED) is 0.729. The lowest BCUT2D eigenvalue weighted by Gasteiger charge is -2.10. The molecule has 1 atom stereocenters. The summed E-state index contributed by atoms with van der Waals surface area (Å²) in [7, 11) is 0.